The molecule has 0 spiro atoms. The Hall–Kier alpha value is -1.62. The van der Waals surface area contributed by atoms with Crippen molar-refractivity contribution in [3.05, 3.63) is 30.1 Å². The molecular weight excluding hydrogens is 216 g/mol. The fourth-order valence-electron chi connectivity index (χ4n) is 2.16. The molecule has 1 atom stereocenters. The number of nitrogens with zero attached hydrogens (tertiary/aromatic N) is 3. The van der Waals surface area contributed by atoms with Gasteiger partial charge in [-0.3, -0.25) is 4.98 Å². The number of nitrogens with two attached hydrogens (primary N) is 1. The maximum atomic E-state index is 12.0. The van der Waals surface area contributed by atoms with E-state index in [0.29, 0.717) is 13.1 Å². The van der Waals surface area contributed by atoms with Crippen LogP contribution in [0.4, 0.5) is 4.79 Å². The lowest BCUT2D eigenvalue weighted by atomic mass is 10.2. The maximum Gasteiger partial charge on any atom is 0.320 e. The van der Waals surface area contributed by atoms with Crippen molar-refractivity contribution in [1.82, 2.24) is 14.8 Å². The predicted molar refractivity (Wildman–Crippen MR) is 65.3 cm³/mol. The lowest BCUT2D eigenvalue weighted by Crippen LogP contribution is -2.32. The van der Waals surface area contributed by atoms with E-state index < -0.39 is 0 Å². The highest BCUT2D eigenvalue weighted by Crippen LogP contribution is 2.18. The summed E-state index contributed by atoms with van der Waals surface area (Å²) in [6.07, 6.45) is 4.38. The highest BCUT2D eigenvalue weighted by atomic mass is 16.2. The van der Waals surface area contributed by atoms with Crippen LogP contribution in [0.15, 0.2) is 24.5 Å². The summed E-state index contributed by atoms with van der Waals surface area (Å²) in [5.74, 6) is 0. The number of hydrogen-bond acceptors (Lipinski definition) is 3. The average molecular weight is 234 g/mol. The van der Waals surface area contributed by atoms with Crippen LogP contribution >= 0.6 is 0 Å². The van der Waals surface area contributed by atoms with Crippen LogP contribution in [0.1, 0.15) is 12.0 Å². The van der Waals surface area contributed by atoms with E-state index in [0.717, 1.165) is 18.5 Å². The van der Waals surface area contributed by atoms with Crippen molar-refractivity contribution in [3.8, 4) is 0 Å². The van der Waals surface area contributed by atoms with Gasteiger partial charge in [-0.2, -0.15) is 0 Å². The van der Waals surface area contributed by atoms with Crippen LogP contribution in [-0.4, -0.2) is 47.0 Å². The zero-order chi connectivity index (χ0) is 12.3. The van der Waals surface area contributed by atoms with Crippen molar-refractivity contribution in [2.45, 2.75) is 19.0 Å². The van der Waals surface area contributed by atoms with E-state index in [9.17, 15) is 4.79 Å². The standard InChI is InChI=1S/C12H18N4O/c1-15-11(4-5-13)9-16(12(15)17)8-10-3-2-6-14-7-10/h2-3,6-7,11H,4-5,8-9,13H2,1H3. The highest BCUT2D eigenvalue weighted by Gasteiger charge is 2.33. The SMILES string of the molecule is CN1C(=O)N(Cc2cccnc2)CC1CCN. The molecular formula is C12H18N4O. The molecule has 17 heavy (non-hydrogen) atoms. The van der Waals surface area contributed by atoms with E-state index >= 15 is 0 Å². The smallest absolute Gasteiger partial charge is 0.320 e. The first-order valence-electron chi connectivity index (χ1n) is 5.83. The molecule has 1 unspecified atom stereocenters. The normalized spacial score (nSPS) is 20.1. The Balaban J connectivity index is 2.01. The third-order valence-corrected chi connectivity index (χ3v) is 3.15. The van der Waals surface area contributed by atoms with Gasteiger partial charge >= 0.3 is 6.03 Å². The molecule has 1 aromatic heterocycles. The number of rotatable bonds is 4. The molecule has 0 radical (unpaired) electrons. The monoisotopic (exact) mass is 234 g/mol. The third-order valence-electron chi connectivity index (χ3n) is 3.15. The zero-order valence-electron chi connectivity index (χ0n) is 10.0. The Morgan fingerprint density at radius 3 is 3.06 bits per heavy atom. The van der Waals surface area contributed by atoms with Crippen molar-refractivity contribution < 1.29 is 4.79 Å². The van der Waals surface area contributed by atoms with Gasteiger partial charge < -0.3 is 15.5 Å². The maximum absolute atomic E-state index is 12.0. The second kappa shape index (κ2) is 5.14. The van der Waals surface area contributed by atoms with Gasteiger partial charge in [-0.1, -0.05) is 6.07 Å². The minimum Gasteiger partial charge on any atom is -0.330 e. The molecule has 1 aliphatic rings. The Labute approximate surface area is 101 Å². The summed E-state index contributed by atoms with van der Waals surface area (Å²) in [7, 11) is 1.84. The Bertz CT molecular complexity index is 381. The minimum absolute atomic E-state index is 0.0762. The number of likely N-dealkylation sites (N-methyl/N-ethyl adjacent to an activating group) is 1. The van der Waals surface area contributed by atoms with Crippen LogP contribution in [0.3, 0.4) is 0 Å². The van der Waals surface area contributed by atoms with E-state index in [1.807, 2.05) is 24.1 Å². The molecule has 5 heteroatoms. The van der Waals surface area contributed by atoms with Crippen LogP contribution in [0, 0.1) is 0 Å². The molecule has 92 valence electrons. The Kier molecular flexibility index (Phi) is 3.58. The molecule has 0 aromatic carbocycles. The average Bonchev–Trinajstić information content (AvgIpc) is 2.60. The van der Waals surface area contributed by atoms with Gasteiger partial charge in [0.1, 0.15) is 0 Å². The van der Waals surface area contributed by atoms with E-state index in [1.54, 1.807) is 17.3 Å². The second-order valence-electron chi connectivity index (χ2n) is 4.37. The summed E-state index contributed by atoms with van der Waals surface area (Å²) in [5.41, 5.74) is 6.61. The molecule has 2 heterocycles. The molecule has 1 fully saturated rings. The Morgan fingerprint density at radius 1 is 1.59 bits per heavy atom. The van der Waals surface area contributed by atoms with E-state index in [1.165, 1.54) is 0 Å². The summed E-state index contributed by atoms with van der Waals surface area (Å²) in [6, 6.07) is 4.18. The summed E-state index contributed by atoms with van der Waals surface area (Å²) in [4.78, 5) is 19.7. The largest absolute Gasteiger partial charge is 0.330 e. The zero-order valence-corrected chi connectivity index (χ0v) is 10.0. The minimum atomic E-state index is 0.0762. The lowest BCUT2D eigenvalue weighted by molar-refractivity contribution is 0.193. The van der Waals surface area contributed by atoms with Gasteiger partial charge in [0.25, 0.3) is 0 Å². The van der Waals surface area contributed by atoms with Crippen molar-refractivity contribution in [2.75, 3.05) is 20.1 Å². The van der Waals surface area contributed by atoms with Gasteiger partial charge in [0, 0.05) is 32.5 Å². The van der Waals surface area contributed by atoms with E-state index in [4.69, 9.17) is 5.73 Å². The van der Waals surface area contributed by atoms with Gasteiger partial charge in [0.2, 0.25) is 0 Å². The summed E-state index contributed by atoms with van der Waals surface area (Å²) >= 11 is 0. The second-order valence-corrected chi connectivity index (χ2v) is 4.37. The first kappa shape index (κ1) is 11.9. The molecule has 5 nitrogen and oxygen atoms in total. The van der Waals surface area contributed by atoms with Gasteiger partial charge in [-0.15, -0.1) is 0 Å². The number of hydrogen-bond donors (Lipinski definition) is 1. The highest BCUT2D eigenvalue weighted by molar-refractivity contribution is 5.76. The van der Waals surface area contributed by atoms with Crippen LogP contribution < -0.4 is 5.73 Å². The first-order chi connectivity index (χ1) is 8.22. The van der Waals surface area contributed by atoms with E-state index in [2.05, 4.69) is 4.98 Å². The van der Waals surface area contributed by atoms with Gasteiger partial charge in [-0.05, 0) is 24.6 Å². The molecule has 0 aliphatic carbocycles. The van der Waals surface area contributed by atoms with Crippen molar-refractivity contribution in [1.29, 1.82) is 0 Å². The molecule has 0 saturated carbocycles. The summed E-state index contributed by atoms with van der Waals surface area (Å²) < 4.78 is 0. The molecule has 2 amide bonds. The number of carbonyl (C=O) groups is 1. The van der Waals surface area contributed by atoms with E-state index in [-0.39, 0.29) is 12.1 Å². The summed E-state index contributed by atoms with van der Waals surface area (Å²) in [5, 5.41) is 0. The van der Waals surface area contributed by atoms with Crippen molar-refractivity contribution in [3.63, 3.8) is 0 Å². The number of pyridine rings is 1. The van der Waals surface area contributed by atoms with Crippen LogP contribution in [0.2, 0.25) is 0 Å². The Morgan fingerprint density at radius 2 is 2.41 bits per heavy atom. The van der Waals surface area contributed by atoms with Gasteiger partial charge in [0.15, 0.2) is 0 Å². The fourth-order valence-corrected chi connectivity index (χ4v) is 2.16. The molecule has 2 rings (SSSR count). The van der Waals surface area contributed by atoms with Gasteiger partial charge in [-0.25, -0.2) is 4.79 Å². The van der Waals surface area contributed by atoms with Gasteiger partial charge in [0.05, 0.1) is 6.04 Å². The van der Waals surface area contributed by atoms with Crippen LogP contribution in [0.25, 0.3) is 0 Å². The number of amides is 2. The third kappa shape index (κ3) is 2.55. The predicted octanol–water partition coefficient (Wildman–Crippen LogP) is 0.666. The molecule has 1 aliphatic heterocycles. The topological polar surface area (TPSA) is 62.5 Å². The first-order valence-corrected chi connectivity index (χ1v) is 5.83. The molecule has 1 aromatic rings. The quantitative estimate of drug-likeness (QED) is 0.832. The van der Waals surface area contributed by atoms with Crippen molar-refractivity contribution in [2.24, 2.45) is 5.73 Å². The molecule has 2 N–H and O–H groups in total. The van der Waals surface area contributed by atoms with Crippen LogP contribution in [-0.2, 0) is 6.54 Å². The van der Waals surface area contributed by atoms with Crippen LogP contribution in [0.5, 0.6) is 0 Å². The number of urea groups is 1. The molecule has 0 bridgehead atoms. The number of aromatic nitrogens is 1. The number of carbonyl (C=O) groups excluding carboxylic acids is 1. The lowest BCUT2D eigenvalue weighted by Gasteiger charge is -2.16. The fraction of sp³-hybridized carbons (Fsp3) is 0.500. The molecule has 1 saturated heterocycles. The van der Waals surface area contributed by atoms with Crippen molar-refractivity contribution >= 4 is 6.03 Å². The summed E-state index contributed by atoms with van der Waals surface area (Å²) in [6.45, 7) is 1.99.